The van der Waals surface area contributed by atoms with Gasteiger partial charge in [0.1, 0.15) is 31.8 Å². The van der Waals surface area contributed by atoms with Gasteiger partial charge in [-0.1, -0.05) is 144 Å². The Morgan fingerprint density at radius 2 is 0.852 bits per heavy atom. The van der Waals surface area contributed by atoms with Gasteiger partial charge in [-0.25, -0.2) is 0 Å². The minimum atomic E-state index is -1.22. The van der Waals surface area contributed by atoms with Crippen LogP contribution in [0.25, 0.3) is 0 Å². The van der Waals surface area contributed by atoms with Gasteiger partial charge in [-0.15, -0.1) is 0 Å². The number of unbranched alkanes of at least 4 members (excludes halogenated alkanes) is 13. The van der Waals surface area contributed by atoms with Gasteiger partial charge in [0, 0.05) is 19.3 Å². The summed E-state index contributed by atoms with van der Waals surface area (Å²) in [6.45, 7) is 11.0. The minimum Gasteiger partial charge on any atom is -0.465 e. The van der Waals surface area contributed by atoms with Gasteiger partial charge >= 0.3 is 23.9 Å². The molecule has 318 valence electrons. The minimum absolute atomic E-state index is 0.175. The summed E-state index contributed by atoms with van der Waals surface area (Å²) in [5.74, 6) is -1.15. The van der Waals surface area contributed by atoms with Crippen LogP contribution in [-0.4, -0.2) is 75.8 Å². The predicted octanol–water partition coefficient (Wildman–Crippen LogP) is 11.2. The lowest BCUT2D eigenvalue weighted by Gasteiger charge is -2.32. The molecule has 9 nitrogen and oxygen atoms in total. The third-order valence-electron chi connectivity index (χ3n) is 10.4. The fourth-order valence-corrected chi connectivity index (χ4v) is 6.69. The van der Waals surface area contributed by atoms with E-state index in [1.54, 1.807) is 0 Å². The van der Waals surface area contributed by atoms with Crippen molar-refractivity contribution < 1.29 is 38.1 Å². The summed E-state index contributed by atoms with van der Waals surface area (Å²) >= 11 is 0. The van der Waals surface area contributed by atoms with Crippen LogP contribution in [0.4, 0.5) is 0 Å². The maximum Gasteiger partial charge on any atom is 0.308 e. The van der Waals surface area contributed by atoms with Crippen LogP contribution < -0.4 is 0 Å². The van der Waals surface area contributed by atoms with Crippen LogP contribution in [0, 0.1) is 17.3 Å². The molecule has 0 saturated heterocycles. The lowest BCUT2D eigenvalue weighted by Crippen LogP contribution is -2.44. The van der Waals surface area contributed by atoms with Crippen LogP contribution in [0.5, 0.6) is 0 Å². The van der Waals surface area contributed by atoms with Crippen LogP contribution in [0.15, 0.2) is 0 Å². The van der Waals surface area contributed by atoms with E-state index in [0.29, 0.717) is 12.3 Å². The zero-order chi connectivity index (χ0) is 40.3. The first-order valence-corrected chi connectivity index (χ1v) is 22.3. The Morgan fingerprint density at radius 1 is 0.463 bits per heavy atom. The predicted molar refractivity (Wildman–Crippen MR) is 220 cm³/mol. The molecule has 0 fully saturated rings. The first-order valence-electron chi connectivity index (χ1n) is 22.3. The zero-order valence-electron chi connectivity index (χ0n) is 36.3. The highest BCUT2D eigenvalue weighted by atomic mass is 16.6. The van der Waals surface area contributed by atoms with Crippen LogP contribution in [0.1, 0.15) is 202 Å². The molecule has 0 aliphatic heterocycles. The van der Waals surface area contributed by atoms with Crippen molar-refractivity contribution in [1.82, 2.24) is 4.90 Å². The molecule has 9 heteroatoms. The molecule has 0 aromatic carbocycles. The average Bonchev–Trinajstić information content (AvgIpc) is 3.16. The summed E-state index contributed by atoms with van der Waals surface area (Å²) in [6, 6.07) is 0. The summed E-state index contributed by atoms with van der Waals surface area (Å²) in [5, 5.41) is 0. The van der Waals surface area contributed by atoms with Crippen LogP contribution in [0.3, 0.4) is 0 Å². The van der Waals surface area contributed by atoms with Gasteiger partial charge in [0.25, 0.3) is 0 Å². The largest absolute Gasteiger partial charge is 0.465 e. The van der Waals surface area contributed by atoms with E-state index in [-0.39, 0.29) is 75.5 Å². The second-order valence-electron chi connectivity index (χ2n) is 16.3. The molecule has 0 heterocycles. The van der Waals surface area contributed by atoms with E-state index < -0.39 is 5.41 Å². The van der Waals surface area contributed by atoms with Crippen molar-refractivity contribution in [2.45, 2.75) is 202 Å². The van der Waals surface area contributed by atoms with Crippen molar-refractivity contribution in [3.63, 3.8) is 0 Å². The van der Waals surface area contributed by atoms with Crippen molar-refractivity contribution in [3.8, 4) is 0 Å². The van der Waals surface area contributed by atoms with Gasteiger partial charge < -0.3 is 23.8 Å². The highest BCUT2D eigenvalue weighted by molar-refractivity contribution is 5.73. The molecule has 0 aromatic heterocycles. The molecule has 54 heavy (non-hydrogen) atoms. The third-order valence-corrected chi connectivity index (χ3v) is 10.4. The molecule has 0 spiro atoms. The SMILES string of the molecule is CCCCCCCC(=O)OCC(COC(=O)CCCCCCC)(COC(=O)CCCCN(C)C)COC(=O)C(CCCC)CC(CCCC)CCCCC. The van der Waals surface area contributed by atoms with E-state index >= 15 is 0 Å². The fraction of sp³-hybridized carbons (Fsp3) is 0.911. The molecule has 2 atom stereocenters. The van der Waals surface area contributed by atoms with Gasteiger partial charge in [-0.2, -0.15) is 0 Å². The van der Waals surface area contributed by atoms with Gasteiger partial charge in [-0.05, 0) is 65.1 Å². The number of carbonyl (C=O) groups is 4. The first kappa shape index (κ1) is 51.8. The molecule has 0 rings (SSSR count). The number of esters is 4. The number of rotatable bonds is 38. The summed E-state index contributed by atoms with van der Waals surface area (Å²) in [5.41, 5.74) is -1.22. The van der Waals surface area contributed by atoms with Gasteiger partial charge in [0.2, 0.25) is 0 Å². The van der Waals surface area contributed by atoms with Crippen molar-refractivity contribution >= 4 is 23.9 Å². The molecular weight excluding hydrogens is 682 g/mol. The lowest BCUT2D eigenvalue weighted by molar-refractivity contribution is -0.172. The third kappa shape index (κ3) is 29.2. The Kier molecular flexibility index (Phi) is 33.9. The Bertz CT molecular complexity index is 909. The number of ether oxygens (including phenoxy) is 4. The van der Waals surface area contributed by atoms with Gasteiger partial charge in [0.15, 0.2) is 0 Å². The van der Waals surface area contributed by atoms with Gasteiger partial charge in [-0.3, -0.25) is 19.2 Å². The normalized spacial score (nSPS) is 12.7. The van der Waals surface area contributed by atoms with E-state index in [9.17, 15) is 19.2 Å². The Labute approximate surface area is 332 Å². The van der Waals surface area contributed by atoms with E-state index in [1.165, 1.54) is 6.42 Å². The van der Waals surface area contributed by atoms with Crippen LogP contribution in [0.2, 0.25) is 0 Å². The lowest BCUT2D eigenvalue weighted by atomic mass is 9.84. The van der Waals surface area contributed by atoms with E-state index in [1.807, 2.05) is 14.1 Å². The van der Waals surface area contributed by atoms with Crippen molar-refractivity contribution in [2.75, 3.05) is 47.1 Å². The second-order valence-corrected chi connectivity index (χ2v) is 16.3. The summed E-state index contributed by atoms with van der Waals surface area (Å²) in [6.07, 6.45) is 23.8. The summed E-state index contributed by atoms with van der Waals surface area (Å²) in [7, 11) is 4.00. The number of hydrogen-bond donors (Lipinski definition) is 0. The molecule has 0 aliphatic rings. The number of hydrogen-bond acceptors (Lipinski definition) is 9. The highest BCUT2D eigenvalue weighted by Crippen LogP contribution is 2.30. The molecule has 2 unspecified atom stereocenters. The molecule has 0 radical (unpaired) electrons. The van der Waals surface area contributed by atoms with Crippen LogP contribution >= 0.6 is 0 Å². The maximum absolute atomic E-state index is 14.0. The standard InChI is InChI=1S/C45H85NO8/c1-8-13-18-20-23-30-41(47)51-35-45(36-52-42(48)31-24-21-19-14-9-2,37-53-43(49)32-25-26-33-46(6)7)38-54-44(50)40(29-17-12-5)34-39(27-16-11-4)28-22-15-10-3/h39-40H,8-38H2,1-7H3. The zero-order valence-corrected chi connectivity index (χ0v) is 36.3. The van der Waals surface area contributed by atoms with E-state index in [2.05, 4.69) is 39.5 Å². The average molecular weight is 768 g/mol. The molecule has 0 N–H and O–H groups in total. The number of carbonyl (C=O) groups excluding carboxylic acids is 4. The van der Waals surface area contributed by atoms with Gasteiger partial charge in [0.05, 0.1) is 5.92 Å². The fourth-order valence-electron chi connectivity index (χ4n) is 6.69. The molecule has 0 aromatic rings. The molecule has 0 amide bonds. The monoisotopic (exact) mass is 768 g/mol. The first-order chi connectivity index (χ1) is 26.1. The molecule has 0 bridgehead atoms. The van der Waals surface area contributed by atoms with Crippen molar-refractivity contribution in [1.29, 1.82) is 0 Å². The summed E-state index contributed by atoms with van der Waals surface area (Å²) < 4.78 is 23.6. The molecular formula is C45H85NO8. The molecule has 0 aliphatic carbocycles. The quantitative estimate of drug-likeness (QED) is 0.0344. The Morgan fingerprint density at radius 3 is 1.31 bits per heavy atom. The molecule has 0 saturated carbocycles. The van der Waals surface area contributed by atoms with Crippen LogP contribution in [-0.2, 0) is 38.1 Å². The van der Waals surface area contributed by atoms with E-state index in [4.69, 9.17) is 18.9 Å². The Hall–Kier alpha value is -2.16. The van der Waals surface area contributed by atoms with E-state index in [0.717, 1.165) is 141 Å². The van der Waals surface area contributed by atoms with Crippen molar-refractivity contribution in [2.24, 2.45) is 17.3 Å². The second kappa shape index (κ2) is 35.3. The Balaban J connectivity index is 6.18. The highest BCUT2D eigenvalue weighted by Gasteiger charge is 2.39. The number of nitrogens with zero attached hydrogens (tertiary/aromatic N) is 1. The van der Waals surface area contributed by atoms with Crippen molar-refractivity contribution in [3.05, 3.63) is 0 Å². The summed E-state index contributed by atoms with van der Waals surface area (Å²) in [4.78, 5) is 55.0. The maximum atomic E-state index is 14.0. The smallest absolute Gasteiger partial charge is 0.308 e. The topological polar surface area (TPSA) is 108 Å².